The third kappa shape index (κ3) is 33.1. The van der Waals surface area contributed by atoms with Gasteiger partial charge in [-0.15, -0.1) is 216 Å². The van der Waals surface area contributed by atoms with Crippen LogP contribution in [0.4, 0.5) is 8.78 Å². The SMILES string of the molecule is Cc1cc(C)c(-c2cn(C)cn2)[c-]c1-c1cn(C)cn1.Cn1cnc(-c2[c-]c(-c3cn(C)cn3)ccc2)c1.Cn1cnc(-c2[c-]c(-c3cn(C)cn3)ccc2)c1.Cn1cnc(-c2[c-]c(-c3cn(C)cn3)ccc2)c1.Fc1c[c-]c(-c2ccccn2)c(F)c1.[C-]#N.[C-]#N.[Cl][Ir+2].[Cl][Ir+2].[Ir+3].[Ir+3].[c-]1ccccc1-c1ccccn1.[c-]1ccccc1-c1ccccn1.[c-]1ccccc1-c1ccccn1. The number of nitrogens with zero attached hydrogens (tertiary/aromatic N) is 22. The second kappa shape index (κ2) is 57.4. The maximum Gasteiger partial charge on any atom is 3.00 e. The maximum atomic E-state index is 13.2. The number of halogens is 4. The van der Waals surface area contributed by atoms with Crippen molar-refractivity contribution in [3.05, 3.63) is 428 Å². The number of imidazole rings is 8. The molecule has 12 aromatic heterocycles. The molecule has 0 N–H and O–H groups in total. The minimum Gasteiger partial charge on any atom is -0.305 e. The van der Waals surface area contributed by atoms with E-state index < -0.39 is 11.6 Å². The van der Waals surface area contributed by atoms with E-state index in [0.717, 1.165) is 136 Å². The molecule has 134 heavy (non-hydrogen) atoms. The van der Waals surface area contributed by atoms with Gasteiger partial charge < -0.3 is 80.1 Å². The van der Waals surface area contributed by atoms with E-state index in [1.54, 1.807) is 81.0 Å². The summed E-state index contributed by atoms with van der Waals surface area (Å²) in [4.78, 5) is 51.4. The summed E-state index contributed by atoms with van der Waals surface area (Å²) in [5.41, 5.74) is 24.5. The number of aryl methyl sites for hydroxylation is 10. The van der Waals surface area contributed by atoms with Crippen LogP contribution >= 0.6 is 19.2 Å². The third-order valence-electron chi connectivity index (χ3n) is 18.4. The molecule has 0 aliphatic heterocycles. The van der Waals surface area contributed by atoms with Crippen molar-refractivity contribution in [3.63, 3.8) is 0 Å². The average Bonchev–Trinajstić information content (AvgIpc) is 1.59. The van der Waals surface area contributed by atoms with Gasteiger partial charge in [-0.1, -0.05) is 119 Å². The summed E-state index contributed by atoms with van der Waals surface area (Å²) in [6, 6.07) is 93.8. The first kappa shape index (κ1) is 107. The van der Waals surface area contributed by atoms with Crippen molar-refractivity contribution in [2.45, 2.75) is 13.8 Å². The predicted octanol–water partition coefficient (Wildman–Crippen LogP) is 21.8. The Bertz CT molecular complexity index is 6000. The van der Waals surface area contributed by atoms with Crippen LogP contribution in [0.5, 0.6) is 0 Å². The Morgan fingerprint density at radius 3 is 0.701 bits per heavy atom. The molecule has 0 spiro atoms. The first-order chi connectivity index (χ1) is 64.4. The largest absolute Gasteiger partial charge is 3.00 e. The molecule has 22 nitrogen and oxygen atoms in total. The minimum absolute atomic E-state index is 0. The van der Waals surface area contributed by atoms with E-state index in [-0.39, 0.29) is 45.8 Å². The number of rotatable bonds is 12. The fourth-order valence-electron chi connectivity index (χ4n) is 12.4. The standard InChI is InChI=1S/C16H17N4.3C14H13N4.C11H6F2N.3C11H8N.2CN.2ClH.4Ir/c1-11-5-12(2)14(16-8-20(4)10-18-16)6-13(11)15-7-19(3)9-17-15;3*1-17-7-13(15-9-17)11-4-3-5-12(6-11)14-8-18(2)10-16-14;12-8-4-5-9(10(13)7-8)11-3-1-2-6-14-11;3*1-2-6-10(7-3-1)11-8-4-5-9-12-11;2*1-2;;;;;;/h5,7-10H,1-4H3;3*3-5,7-10H,1-2H3;1-4,6-7H;3*1-6,8-9H;;;2*1H;;;;/q10*-1;;;4*+3/p-2. The number of benzene rings is 8. The van der Waals surface area contributed by atoms with E-state index in [2.05, 4.69) is 147 Å². The number of pyridine rings is 4. The molecule has 0 amide bonds. The van der Waals surface area contributed by atoms with E-state index in [0.29, 0.717) is 5.69 Å². The topological polar surface area (TPSA) is 242 Å². The van der Waals surface area contributed by atoms with Crippen LogP contribution in [0.15, 0.2) is 343 Å². The molecule has 20 rings (SSSR count). The molecule has 0 saturated heterocycles. The summed E-state index contributed by atoms with van der Waals surface area (Å²) >= 11 is 2.94. The van der Waals surface area contributed by atoms with Crippen LogP contribution < -0.4 is 0 Å². The van der Waals surface area contributed by atoms with Gasteiger partial charge >= 0.3 is 95.2 Å². The second-order valence-electron chi connectivity index (χ2n) is 28.4. The van der Waals surface area contributed by atoms with E-state index in [9.17, 15) is 8.78 Å². The van der Waals surface area contributed by atoms with Gasteiger partial charge in [0.1, 0.15) is 0 Å². The first-order valence-electron chi connectivity index (χ1n) is 40.0. The Labute approximate surface area is 836 Å². The molecule has 8 aromatic carbocycles. The van der Waals surface area contributed by atoms with Crippen molar-refractivity contribution in [1.82, 2.24) is 96.3 Å². The van der Waals surface area contributed by atoms with Gasteiger partial charge in [0.15, 0.2) is 0 Å². The van der Waals surface area contributed by atoms with E-state index in [1.807, 2.05) is 337 Å². The molecule has 0 bridgehead atoms. The fourth-order valence-corrected chi connectivity index (χ4v) is 12.4. The Balaban J connectivity index is 0.000000207. The summed E-state index contributed by atoms with van der Waals surface area (Å²) in [6.45, 7) is 13.7. The number of hydrogen-bond acceptors (Lipinski definition) is 14. The Morgan fingerprint density at radius 1 is 0.261 bits per heavy atom. The monoisotopic (exact) mass is 2520 g/mol. The normalized spacial score (nSPS) is 9.76. The quantitative estimate of drug-likeness (QED) is 0.103. The van der Waals surface area contributed by atoms with Gasteiger partial charge in [-0.2, -0.15) is 0 Å². The van der Waals surface area contributed by atoms with Gasteiger partial charge in [0.25, 0.3) is 0 Å². The van der Waals surface area contributed by atoms with Crippen LogP contribution in [0.2, 0.25) is 0 Å². The molecule has 0 radical (unpaired) electrons. The van der Waals surface area contributed by atoms with Crippen LogP contribution in [-0.4, -0.2) is 96.3 Å². The van der Waals surface area contributed by atoms with Gasteiger partial charge in [0, 0.05) is 138 Å². The Kier molecular flexibility index (Phi) is 45.9. The summed E-state index contributed by atoms with van der Waals surface area (Å²) in [5, 5.41) is 12.5. The molecule has 0 saturated carbocycles. The smallest absolute Gasteiger partial charge is 0.305 e. The van der Waals surface area contributed by atoms with Crippen molar-refractivity contribution >= 4 is 19.2 Å². The molecule has 0 aliphatic rings. The van der Waals surface area contributed by atoms with Crippen molar-refractivity contribution in [1.29, 1.82) is 10.5 Å². The molecule has 20 aromatic rings. The zero-order chi connectivity index (χ0) is 94.5. The van der Waals surface area contributed by atoms with Gasteiger partial charge in [-0.25, -0.2) is 0 Å². The van der Waals surface area contributed by atoms with Crippen LogP contribution in [0.25, 0.3) is 135 Å². The Morgan fingerprint density at radius 2 is 0.493 bits per heavy atom. The van der Waals surface area contributed by atoms with E-state index in [4.69, 9.17) is 23.7 Å². The van der Waals surface area contributed by atoms with Crippen LogP contribution in [-0.2, 0) is 132 Å². The van der Waals surface area contributed by atoms with Crippen LogP contribution in [0.3, 0.4) is 0 Å². The number of aromatic nitrogens is 20. The van der Waals surface area contributed by atoms with Crippen LogP contribution in [0, 0.1) is 97.7 Å². The van der Waals surface area contributed by atoms with Crippen molar-refractivity contribution in [2.24, 2.45) is 56.4 Å². The van der Waals surface area contributed by atoms with Crippen molar-refractivity contribution in [2.75, 3.05) is 0 Å². The summed E-state index contributed by atoms with van der Waals surface area (Å²) in [7, 11) is 25.0. The van der Waals surface area contributed by atoms with Crippen molar-refractivity contribution in [3.8, 4) is 135 Å². The third-order valence-corrected chi connectivity index (χ3v) is 18.4. The maximum absolute atomic E-state index is 13.2. The molecule has 0 atom stereocenters. The van der Waals surface area contributed by atoms with Crippen LogP contribution in [0.1, 0.15) is 11.1 Å². The van der Waals surface area contributed by atoms with Gasteiger partial charge in [-0.3, -0.25) is 48.7 Å². The number of hydrogen-bond donors (Lipinski definition) is 0. The van der Waals surface area contributed by atoms with Gasteiger partial charge in [-0.05, 0) is 96.6 Å². The Hall–Kier alpha value is -13.9. The molecule has 676 valence electrons. The van der Waals surface area contributed by atoms with E-state index >= 15 is 0 Å². The molecular weight excluding hydrogens is 2440 g/mol. The van der Waals surface area contributed by atoms with Gasteiger partial charge in [0.2, 0.25) is 0 Å². The summed E-state index contributed by atoms with van der Waals surface area (Å²) < 4.78 is 41.3. The van der Waals surface area contributed by atoms with Crippen molar-refractivity contribution < 1.29 is 84.8 Å². The zero-order valence-electron chi connectivity index (χ0n) is 74.0. The first-order valence-corrected chi connectivity index (χ1v) is 45.9. The average molecular weight is 2520 g/mol. The summed E-state index contributed by atoms with van der Waals surface area (Å²) in [5.74, 6) is -1.29. The fraction of sp³-hybridized carbons (Fsp3) is 0.0962. The molecule has 0 unspecified atom stereocenters. The molecule has 0 fully saturated rings. The predicted molar refractivity (Wildman–Crippen MR) is 504 cm³/mol. The molecule has 30 heteroatoms. The summed E-state index contributed by atoms with van der Waals surface area (Å²) in [6.07, 6.45) is 37.2. The zero-order valence-corrected chi connectivity index (χ0v) is 85.1. The van der Waals surface area contributed by atoms with Gasteiger partial charge in [0.05, 0.1) is 50.6 Å². The molecule has 0 aliphatic carbocycles. The molecule has 12 heterocycles. The molecular formula is C104H86Cl2F2Ir4N22. The minimum atomic E-state index is -0.649. The second-order valence-corrected chi connectivity index (χ2v) is 28.4. The van der Waals surface area contributed by atoms with E-state index in [1.165, 1.54) is 46.9 Å².